The average Bonchev–Trinajstić information content (AvgIpc) is 2.27. The first-order valence-corrected chi connectivity index (χ1v) is 7.30. The fraction of sp³-hybridized carbons (Fsp3) is 1.00. The van der Waals surface area contributed by atoms with Gasteiger partial charge in [-0.1, -0.05) is 53.4 Å². The smallest absolute Gasteiger partial charge is 0.00693 e. The number of hydrogen-bond acceptors (Lipinski definition) is 1. The molecule has 0 heterocycles. The Morgan fingerprint density at radius 2 is 1.81 bits per heavy atom. The zero-order chi connectivity index (χ0) is 12.1. The van der Waals surface area contributed by atoms with E-state index in [4.69, 9.17) is 0 Å². The molecule has 0 radical (unpaired) electrons. The lowest BCUT2D eigenvalue weighted by molar-refractivity contribution is 0.170. The predicted molar refractivity (Wildman–Crippen MR) is 72.6 cm³/mol. The quantitative estimate of drug-likeness (QED) is 0.738. The number of nitrogens with one attached hydrogen (secondary N) is 1. The van der Waals surface area contributed by atoms with Gasteiger partial charge in [-0.2, -0.15) is 0 Å². The van der Waals surface area contributed by atoms with E-state index in [9.17, 15) is 0 Å². The summed E-state index contributed by atoms with van der Waals surface area (Å²) < 4.78 is 0. The van der Waals surface area contributed by atoms with Crippen molar-refractivity contribution in [3.05, 3.63) is 0 Å². The topological polar surface area (TPSA) is 12.0 Å². The van der Waals surface area contributed by atoms with Gasteiger partial charge in [0.05, 0.1) is 0 Å². The minimum absolute atomic E-state index is 0.614. The van der Waals surface area contributed by atoms with Crippen LogP contribution in [0.2, 0.25) is 0 Å². The van der Waals surface area contributed by atoms with E-state index >= 15 is 0 Å². The highest BCUT2D eigenvalue weighted by atomic mass is 14.9. The van der Waals surface area contributed by atoms with Gasteiger partial charge in [0.1, 0.15) is 0 Å². The van der Waals surface area contributed by atoms with Gasteiger partial charge in [-0.3, -0.25) is 0 Å². The molecule has 0 aromatic heterocycles. The third-order valence-electron chi connectivity index (χ3n) is 4.53. The fourth-order valence-electron chi connectivity index (χ4n) is 3.27. The third kappa shape index (κ3) is 4.08. The highest BCUT2D eigenvalue weighted by Gasteiger charge is 2.28. The van der Waals surface area contributed by atoms with Gasteiger partial charge in [0.15, 0.2) is 0 Å². The van der Waals surface area contributed by atoms with E-state index in [1.807, 2.05) is 0 Å². The molecule has 4 unspecified atom stereocenters. The molecule has 0 amide bonds. The summed E-state index contributed by atoms with van der Waals surface area (Å²) >= 11 is 0. The van der Waals surface area contributed by atoms with Crippen LogP contribution in [-0.4, -0.2) is 12.1 Å². The highest BCUT2D eigenvalue weighted by molar-refractivity contribution is 4.81. The molecule has 1 fully saturated rings. The van der Waals surface area contributed by atoms with Crippen LogP contribution in [0.4, 0.5) is 0 Å². The molecule has 1 aliphatic rings. The van der Waals surface area contributed by atoms with Gasteiger partial charge in [-0.05, 0) is 31.1 Å². The Morgan fingerprint density at radius 1 is 1.12 bits per heavy atom. The largest absolute Gasteiger partial charge is 0.312 e. The molecule has 1 saturated carbocycles. The van der Waals surface area contributed by atoms with Gasteiger partial charge >= 0.3 is 0 Å². The Balaban J connectivity index is 2.42. The maximum Gasteiger partial charge on any atom is 0.00693 e. The molecule has 0 aromatic rings. The minimum atomic E-state index is 0.614. The van der Waals surface area contributed by atoms with Crippen LogP contribution in [0.1, 0.15) is 66.7 Å². The van der Waals surface area contributed by atoms with Crippen LogP contribution in [0, 0.1) is 17.8 Å². The molecule has 1 aliphatic carbocycles. The van der Waals surface area contributed by atoms with E-state index in [1.54, 1.807) is 0 Å². The van der Waals surface area contributed by atoms with E-state index in [2.05, 4.69) is 39.9 Å². The number of rotatable bonds is 5. The van der Waals surface area contributed by atoms with E-state index in [0.717, 1.165) is 17.8 Å². The molecule has 1 N–H and O–H groups in total. The summed E-state index contributed by atoms with van der Waals surface area (Å²) in [7, 11) is 0. The monoisotopic (exact) mass is 225 g/mol. The summed E-state index contributed by atoms with van der Waals surface area (Å²) in [6.07, 6.45) is 7.26. The number of hydrogen-bond donors (Lipinski definition) is 1. The Hall–Kier alpha value is -0.0400. The first-order chi connectivity index (χ1) is 7.54. The van der Waals surface area contributed by atoms with E-state index < -0.39 is 0 Å². The molecule has 1 heteroatoms. The van der Waals surface area contributed by atoms with Gasteiger partial charge in [-0.25, -0.2) is 0 Å². The van der Waals surface area contributed by atoms with Crippen molar-refractivity contribution >= 4 is 0 Å². The van der Waals surface area contributed by atoms with Crippen LogP contribution >= 0.6 is 0 Å². The van der Waals surface area contributed by atoms with Crippen LogP contribution in [0.3, 0.4) is 0 Å². The lowest BCUT2D eigenvalue weighted by atomic mass is 9.73. The molecule has 4 atom stereocenters. The molecule has 16 heavy (non-hydrogen) atoms. The van der Waals surface area contributed by atoms with Crippen LogP contribution in [-0.2, 0) is 0 Å². The Morgan fingerprint density at radius 3 is 2.38 bits per heavy atom. The van der Waals surface area contributed by atoms with Crippen molar-refractivity contribution in [3.63, 3.8) is 0 Å². The Kier molecular flexibility index (Phi) is 5.82. The van der Waals surface area contributed by atoms with E-state index in [-0.39, 0.29) is 0 Å². The second-order valence-corrected chi connectivity index (χ2v) is 6.17. The van der Waals surface area contributed by atoms with Crippen LogP contribution in [0.15, 0.2) is 0 Å². The molecule has 0 aromatic carbocycles. The maximum atomic E-state index is 3.67. The molecular formula is C15H31N. The minimum Gasteiger partial charge on any atom is -0.312 e. The summed E-state index contributed by atoms with van der Waals surface area (Å²) in [6.45, 7) is 11.7. The normalized spacial score (nSPS) is 30.4. The molecular weight excluding hydrogens is 194 g/mol. The van der Waals surface area contributed by atoms with Crippen molar-refractivity contribution < 1.29 is 0 Å². The molecule has 0 spiro atoms. The van der Waals surface area contributed by atoms with Crippen LogP contribution in [0.5, 0.6) is 0 Å². The predicted octanol–water partition coefficient (Wildman–Crippen LogP) is 4.23. The van der Waals surface area contributed by atoms with Crippen molar-refractivity contribution in [2.75, 3.05) is 0 Å². The van der Waals surface area contributed by atoms with E-state index in [1.165, 1.54) is 32.1 Å². The van der Waals surface area contributed by atoms with Gasteiger partial charge in [0.2, 0.25) is 0 Å². The third-order valence-corrected chi connectivity index (χ3v) is 4.53. The standard InChI is InChI=1S/C15H31N/c1-6-14-8-7-9-15(10-14)12(4)13(5)16-11(2)3/h11-16H,6-10H2,1-5H3. The van der Waals surface area contributed by atoms with Crippen molar-refractivity contribution in [1.29, 1.82) is 0 Å². The van der Waals surface area contributed by atoms with E-state index in [0.29, 0.717) is 12.1 Å². The fourth-order valence-corrected chi connectivity index (χ4v) is 3.27. The second kappa shape index (κ2) is 6.64. The van der Waals surface area contributed by atoms with Crippen molar-refractivity contribution in [2.45, 2.75) is 78.8 Å². The molecule has 96 valence electrons. The Labute approximate surface area is 102 Å². The first kappa shape index (κ1) is 14.0. The molecule has 1 rings (SSSR count). The van der Waals surface area contributed by atoms with Gasteiger partial charge < -0.3 is 5.32 Å². The van der Waals surface area contributed by atoms with Crippen molar-refractivity contribution in [3.8, 4) is 0 Å². The lowest BCUT2D eigenvalue weighted by Crippen LogP contribution is -2.40. The average molecular weight is 225 g/mol. The molecule has 1 nitrogen and oxygen atoms in total. The molecule has 0 saturated heterocycles. The SMILES string of the molecule is CCC1CCCC(C(C)C(C)NC(C)C)C1. The van der Waals surface area contributed by atoms with Crippen LogP contribution in [0.25, 0.3) is 0 Å². The van der Waals surface area contributed by atoms with Gasteiger partial charge in [0, 0.05) is 12.1 Å². The molecule has 0 aliphatic heterocycles. The zero-order valence-electron chi connectivity index (χ0n) is 11.9. The van der Waals surface area contributed by atoms with Crippen molar-refractivity contribution in [1.82, 2.24) is 5.32 Å². The van der Waals surface area contributed by atoms with Gasteiger partial charge in [-0.15, -0.1) is 0 Å². The summed E-state index contributed by atoms with van der Waals surface area (Å²) in [4.78, 5) is 0. The molecule has 0 bridgehead atoms. The first-order valence-electron chi connectivity index (χ1n) is 7.30. The summed E-state index contributed by atoms with van der Waals surface area (Å²) in [5.74, 6) is 2.80. The van der Waals surface area contributed by atoms with Crippen molar-refractivity contribution in [2.24, 2.45) is 17.8 Å². The lowest BCUT2D eigenvalue weighted by Gasteiger charge is -2.36. The maximum absolute atomic E-state index is 3.67. The zero-order valence-corrected chi connectivity index (χ0v) is 11.9. The van der Waals surface area contributed by atoms with Crippen LogP contribution < -0.4 is 5.32 Å². The van der Waals surface area contributed by atoms with Gasteiger partial charge in [0.25, 0.3) is 0 Å². The highest BCUT2D eigenvalue weighted by Crippen LogP contribution is 2.36. The summed E-state index contributed by atoms with van der Waals surface area (Å²) in [5, 5.41) is 3.67. The Bertz CT molecular complexity index is 188. The second-order valence-electron chi connectivity index (χ2n) is 6.17. The summed E-state index contributed by atoms with van der Waals surface area (Å²) in [6, 6.07) is 1.28. The summed E-state index contributed by atoms with van der Waals surface area (Å²) in [5.41, 5.74) is 0.